The predicted molar refractivity (Wildman–Crippen MR) is 75.7 cm³/mol. The first-order valence-corrected chi connectivity index (χ1v) is 6.39. The molecule has 0 spiro atoms. The molecule has 0 aliphatic carbocycles. The number of aryl methyl sites for hydroxylation is 1. The highest BCUT2D eigenvalue weighted by Gasteiger charge is 2.13. The van der Waals surface area contributed by atoms with Crippen LogP contribution in [0.3, 0.4) is 0 Å². The fourth-order valence-electron chi connectivity index (χ4n) is 2.00. The topological polar surface area (TPSA) is 56.0 Å². The molecule has 2 aromatic rings. The van der Waals surface area contributed by atoms with Crippen molar-refractivity contribution in [2.45, 2.75) is 13.0 Å². The molecule has 1 unspecified atom stereocenters. The molecule has 3 nitrogen and oxygen atoms in total. The minimum atomic E-state index is -0.889. The van der Waals surface area contributed by atoms with Gasteiger partial charge in [-0.15, -0.1) is 0 Å². The standard InChI is InChI=1S/C16H14F2N2O/c1-10-3-2-4-12(5-10)15(21)9-20-16-13(17)6-11(8-19)7-14(16)18/h2-7,15,20-21H,9H2,1H3. The Kier molecular flexibility index (Phi) is 4.51. The summed E-state index contributed by atoms with van der Waals surface area (Å²) >= 11 is 0. The maximum atomic E-state index is 13.7. The van der Waals surface area contributed by atoms with Crippen molar-refractivity contribution in [2.75, 3.05) is 11.9 Å². The lowest BCUT2D eigenvalue weighted by Gasteiger charge is -2.15. The quantitative estimate of drug-likeness (QED) is 0.907. The largest absolute Gasteiger partial charge is 0.387 e. The molecular formula is C16H14F2N2O. The lowest BCUT2D eigenvalue weighted by atomic mass is 10.1. The van der Waals surface area contributed by atoms with Crippen molar-refractivity contribution in [3.63, 3.8) is 0 Å². The zero-order chi connectivity index (χ0) is 15.4. The number of rotatable bonds is 4. The molecule has 2 N–H and O–H groups in total. The molecule has 5 heteroatoms. The van der Waals surface area contributed by atoms with Crippen LogP contribution in [0.4, 0.5) is 14.5 Å². The summed E-state index contributed by atoms with van der Waals surface area (Å²) in [6, 6.07) is 10.8. The Labute approximate surface area is 121 Å². The Bertz CT molecular complexity index is 672. The van der Waals surface area contributed by atoms with E-state index < -0.39 is 17.7 Å². The predicted octanol–water partition coefficient (Wildman–Crippen LogP) is 3.29. The van der Waals surface area contributed by atoms with Gasteiger partial charge in [-0.2, -0.15) is 5.26 Å². The number of aliphatic hydroxyl groups excluding tert-OH is 1. The van der Waals surface area contributed by atoms with E-state index in [1.54, 1.807) is 24.3 Å². The van der Waals surface area contributed by atoms with Crippen molar-refractivity contribution in [1.82, 2.24) is 0 Å². The fourth-order valence-corrected chi connectivity index (χ4v) is 2.00. The number of hydrogen-bond donors (Lipinski definition) is 2. The highest BCUT2D eigenvalue weighted by molar-refractivity contribution is 5.50. The number of nitrogens with zero attached hydrogens (tertiary/aromatic N) is 1. The number of hydrogen-bond acceptors (Lipinski definition) is 3. The van der Waals surface area contributed by atoms with Crippen LogP contribution in [0.25, 0.3) is 0 Å². The Balaban J connectivity index is 2.12. The van der Waals surface area contributed by atoms with Crippen LogP contribution in [0.1, 0.15) is 22.8 Å². The molecule has 0 aromatic heterocycles. The van der Waals surface area contributed by atoms with E-state index in [1.807, 2.05) is 13.0 Å². The van der Waals surface area contributed by atoms with Gasteiger partial charge in [0.15, 0.2) is 11.6 Å². The molecule has 0 amide bonds. The second-order valence-corrected chi connectivity index (χ2v) is 4.74. The van der Waals surface area contributed by atoms with Crippen molar-refractivity contribution in [3.05, 3.63) is 64.7 Å². The third-order valence-electron chi connectivity index (χ3n) is 3.07. The molecule has 2 aromatic carbocycles. The van der Waals surface area contributed by atoms with E-state index in [0.29, 0.717) is 5.56 Å². The van der Waals surface area contributed by atoms with Crippen molar-refractivity contribution in [3.8, 4) is 6.07 Å². The van der Waals surface area contributed by atoms with Gasteiger partial charge in [-0.05, 0) is 24.6 Å². The molecule has 1 atom stereocenters. The lowest BCUT2D eigenvalue weighted by molar-refractivity contribution is 0.191. The zero-order valence-electron chi connectivity index (χ0n) is 11.4. The van der Waals surface area contributed by atoms with Gasteiger partial charge >= 0.3 is 0 Å². The summed E-state index contributed by atoms with van der Waals surface area (Å²) in [6.07, 6.45) is -0.889. The van der Waals surface area contributed by atoms with Crippen molar-refractivity contribution >= 4 is 5.69 Å². The van der Waals surface area contributed by atoms with E-state index in [-0.39, 0.29) is 17.8 Å². The molecule has 0 bridgehead atoms. The van der Waals surface area contributed by atoms with E-state index in [2.05, 4.69) is 5.32 Å². The molecule has 0 saturated carbocycles. The van der Waals surface area contributed by atoms with Crippen molar-refractivity contribution in [2.24, 2.45) is 0 Å². The van der Waals surface area contributed by atoms with Gasteiger partial charge in [0.25, 0.3) is 0 Å². The first-order chi connectivity index (χ1) is 10.0. The van der Waals surface area contributed by atoms with Crippen molar-refractivity contribution < 1.29 is 13.9 Å². The summed E-state index contributed by atoms with van der Waals surface area (Å²) in [6.45, 7) is 1.85. The molecule has 0 radical (unpaired) electrons. The molecule has 0 aliphatic heterocycles. The first-order valence-electron chi connectivity index (χ1n) is 6.39. The first kappa shape index (κ1) is 14.9. The van der Waals surface area contributed by atoms with E-state index in [9.17, 15) is 13.9 Å². The summed E-state index contributed by atoms with van der Waals surface area (Å²) in [5.41, 5.74) is 1.22. The molecular weight excluding hydrogens is 274 g/mol. The fraction of sp³-hybridized carbons (Fsp3) is 0.188. The minimum absolute atomic E-state index is 0.0385. The summed E-state index contributed by atoms with van der Waals surface area (Å²) in [5, 5.41) is 21.2. The normalized spacial score (nSPS) is 11.8. The summed E-state index contributed by atoms with van der Waals surface area (Å²) in [7, 11) is 0. The van der Waals surface area contributed by atoms with Gasteiger partial charge in [0.2, 0.25) is 0 Å². The minimum Gasteiger partial charge on any atom is -0.387 e. The average molecular weight is 288 g/mol. The number of halogens is 2. The third kappa shape index (κ3) is 3.56. The average Bonchev–Trinajstić information content (AvgIpc) is 2.45. The second kappa shape index (κ2) is 6.33. The smallest absolute Gasteiger partial charge is 0.150 e. The van der Waals surface area contributed by atoms with Gasteiger partial charge in [-0.1, -0.05) is 29.8 Å². The van der Waals surface area contributed by atoms with E-state index in [4.69, 9.17) is 5.26 Å². The number of nitriles is 1. The second-order valence-electron chi connectivity index (χ2n) is 4.74. The van der Waals surface area contributed by atoms with Gasteiger partial charge in [0, 0.05) is 6.54 Å². The van der Waals surface area contributed by atoms with Crippen molar-refractivity contribution in [1.29, 1.82) is 5.26 Å². The van der Waals surface area contributed by atoms with Gasteiger partial charge in [0.1, 0.15) is 5.69 Å². The molecule has 21 heavy (non-hydrogen) atoms. The van der Waals surface area contributed by atoms with Crippen LogP contribution < -0.4 is 5.32 Å². The Morgan fingerprint density at radius 2 is 1.90 bits per heavy atom. The van der Waals surface area contributed by atoms with Gasteiger partial charge in [-0.3, -0.25) is 0 Å². The summed E-state index contributed by atoms with van der Waals surface area (Å²) in [4.78, 5) is 0. The molecule has 0 saturated heterocycles. The van der Waals surface area contributed by atoms with Crippen LogP contribution in [0.2, 0.25) is 0 Å². The Morgan fingerprint density at radius 1 is 1.24 bits per heavy atom. The van der Waals surface area contributed by atoms with Crippen LogP contribution in [-0.4, -0.2) is 11.7 Å². The van der Waals surface area contributed by atoms with Crippen LogP contribution >= 0.6 is 0 Å². The zero-order valence-corrected chi connectivity index (χ0v) is 11.4. The molecule has 0 heterocycles. The third-order valence-corrected chi connectivity index (χ3v) is 3.07. The van der Waals surface area contributed by atoms with Crippen LogP contribution in [0.5, 0.6) is 0 Å². The van der Waals surface area contributed by atoms with Gasteiger partial charge in [0.05, 0.1) is 17.7 Å². The van der Waals surface area contributed by atoms with Gasteiger partial charge < -0.3 is 10.4 Å². The number of anilines is 1. The number of benzene rings is 2. The van der Waals surface area contributed by atoms with Crippen LogP contribution in [0.15, 0.2) is 36.4 Å². The van der Waals surface area contributed by atoms with E-state index in [0.717, 1.165) is 17.7 Å². The monoisotopic (exact) mass is 288 g/mol. The highest BCUT2D eigenvalue weighted by Crippen LogP contribution is 2.22. The maximum absolute atomic E-state index is 13.7. The SMILES string of the molecule is Cc1cccc(C(O)CNc2c(F)cc(C#N)cc2F)c1. The van der Waals surface area contributed by atoms with E-state index in [1.165, 1.54) is 0 Å². The molecule has 0 fully saturated rings. The molecule has 108 valence electrons. The summed E-state index contributed by atoms with van der Waals surface area (Å²) < 4.78 is 27.4. The number of aliphatic hydroxyl groups is 1. The molecule has 0 aliphatic rings. The highest BCUT2D eigenvalue weighted by atomic mass is 19.1. The Hall–Kier alpha value is -2.45. The van der Waals surface area contributed by atoms with Crippen LogP contribution in [-0.2, 0) is 0 Å². The number of nitrogens with one attached hydrogen (secondary N) is 1. The Morgan fingerprint density at radius 3 is 2.48 bits per heavy atom. The maximum Gasteiger partial charge on any atom is 0.150 e. The van der Waals surface area contributed by atoms with Gasteiger partial charge in [-0.25, -0.2) is 8.78 Å². The molecule has 2 rings (SSSR count). The van der Waals surface area contributed by atoms with Crippen LogP contribution in [0, 0.1) is 29.9 Å². The lowest BCUT2D eigenvalue weighted by Crippen LogP contribution is -2.14. The summed E-state index contributed by atoms with van der Waals surface area (Å²) in [5.74, 6) is -1.72. The van der Waals surface area contributed by atoms with E-state index >= 15 is 0 Å².